The Morgan fingerprint density at radius 1 is 1.26 bits per heavy atom. The predicted octanol–water partition coefficient (Wildman–Crippen LogP) is 2.00. The Morgan fingerprint density at radius 3 is 2.53 bits per heavy atom. The van der Waals surface area contributed by atoms with Crippen molar-refractivity contribution in [2.75, 3.05) is 4.72 Å². The second-order valence-electron chi connectivity index (χ2n) is 4.78. The van der Waals surface area contributed by atoms with E-state index in [1.54, 1.807) is 24.3 Å². The van der Waals surface area contributed by atoms with E-state index >= 15 is 0 Å². The number of nitrogens with one attached hydrogen (secondary N) is 1. The van der Waals surface area contributed by atoms with Crippen LogP contribution in [-0.2, 0) is 21.2 Å². The number of hydrogen-bond acceptors (Lipinski definition) is 3. The summed E-state index contributed by atoms with van der Waals surface area (Å²) in [5.41, 5.74) is 0.855. The average Bonchev–Trinajstić information content (AvgIpc) is 2.85. The first-order valence-corrected chi connectivity index (χ1v) is 7.85. The molecule has 1 aliphatic rings. The molecule has 1 saturated carbocycles. The lowest BCUT2D eigenvalue weighted by molar-refractivity contribution is -0.136. The topological polar surface area (TPSA) is 83.5 Å². The maximum Gasteiger partial charge on any atom is 0.307 e. The summed E-state index contributed by atoms with van der Waals surface area (Å²) in [6.45, 7) is 0. The summed E-state index contributed by atoms with van der Waals surface area (Å²) in [7, 11) is -3.41. The minimum absolute atomic E-state index is 0.191. The summed E-state index contributed by atoms with van der Waals surface area (Å²) in [5.74, 6) is -0.979. The SMILES string of the molecule is O=C(O)Cc1ccccc1NS(=O)(=O)C1CCCC1. The third-order valence-electron chi connectivity index (χ3n) is 3.35. The van der Waals surface area contributed by atoms with Gasteiger partial charge in [0, 0.05) is 0 Å². The van der Waals surface area contributed by atoms with Crippen molar-refractivity contribution in [2.24, 2.45) is 0 Å². The highest BCUT2D eigenvalue weighted by molar-refractivity contribution is 7.93. The van der Waals surface area contributed by atoms with Gasteiger partial charge in [-0.25, -0.2) is 8.42 Å². The smallest absolute Gasteiger partial charge is 0.307 e. The Bertz CT molecular complexity index is 562. The van der Waals surface area contributed by atoms with Crippen LogP contribution < -0.4 is 4.72 Å². The fourth-order valence-electron chi connectivity index (χ4n) is 2.37. The van der Waals surface area contributed by atoms with Crippen molar-refractivity contribution >= 4 is 21.7 Å². The molecule has 5 nitrogen and oxygen atoms in total. The molecular formula is C13H17NO4S. The lowest BCUT2D eigenvalue weighted by Crippen LogP contribution is -2.26. The molecule has 0 aromatic heterocycles. The Morgan fingerprint density at radius 2 is 1.89 bits per heavy atom. The Kier molecular flexibility index (Phi) is 4.09. The third kappa shape index (κ3) is 3.47. The third-order valence-corrected chi connectivity index (χ3v) is 5.21. The molecule has 0 aliphatic heterocycles. The first-order valence-electron chi connectivity index (χ1n) is 6.30. The summed E-state index contributed by atoms with van der Waals surface area (Å²) >= 11 is 0. The highest BCUT2D eigenvalue weighted by Gasteiger charge is 2.29. The van der Waals surface area contributed by atoms with Gasteiger partial charge in [-0.3, -0.25) is 9.52 Å². The number of carbonyl (C=O) groups is 1. The standard InChI is InChI=1S/C13H17NO4S/c15-13(16)9-10-5-1-4-8-12(10)14-19(17,18)11-6-2-3-7-11/h1,4-5,8,11,14H,2-3,6-7,9H2,(H,15,16). The highest BCUT2D eigenvalue weighted by Crippen LogP contribution is 2.27. The van der Waals surface area contributed by atoms with Crippen molar-refractivity contribution in [3.63, 3.8) is 0 Å². The molecule has 0 amide bonds. The number of rotatable bonds is 5. The zero-order valence-electron chi connectivity index (χ0n) is 10.5. The molecule has 2 N–H and O–H groups in total. The van der Waals surface area contributed by atoms with Gasteiger partial charge < -0.3 is 5.11 Å². The maximum absolute atomic E-state index is 12.2. The van der Waals surface area contributed by atoms with Crippen molar-refractivity contribution < 1.29 is 18.3 Å². The van der Waals surface area contributed by atoms with Crippen LogP contribution in [0.5, 0.6) is 0 Å². The van der Waals surface area contributed by atoms with Gasteiger partial charge in [-0.1, -0.05) is 31.0 Å². The van der Waals surface area contributed by atoms with Crippen LogP contribution in [0.3, 0.4) is 0 Å². The fourth-order valence-corrected chi connectivity index (χ4v) is 4.00. The lowest BCUT2D eigenvalue weighted by atomic mass is 10.1. The predicted molar refractivity (Wildman–Crippen MR) is 72.6 cm³/mol. The number of sulfonamides is 1. The van der Waals surface area contributed by atoms with Gasteiger partial charge in [0.2, 0.25) is 10.0 Å². The zero-order valence-corrected chi connectivity index (χ0v) is 11.3. The van der Waals surface area contributed by atoms with E-state index in [1.165, 1.54) is 0 Å². The van der Waals surface area contributed by atoms with E-state index in [9.17, 15) is 13.2 Å². The van der Waals surface area contributed by atoms with E-state index in [1.807, 2.05) is 0 Å². The number of aliphatic carboxylic acids is 1. The number of hydrogen-bond donors (Lipinski definition) is 2. The van der Waals surface area contributed by atoms with Crippen LogP contribution in [0, 0.1) is 0 Å². The molecule has 0 bridgehead atoms. The quantitative estimate of drug-likeness (QED) is 0.865. The van der Waals surface area contributed by atoms with E-state index in [2.05, 4.69) is 4.72 Å². The second kappa shape index (κ2) is 5.61. The summed E-state index contributed by atoms with van der Waals surface area (Å²) in [5, 5.41) is 8.47. The van der Waals surface area contributed by atoms with Crippen LogP contribution in [-0.4, -0.2) is 24.7 Å². The Balaban J connectivity index is 2.20. The van der Waals surface area contributed by atoms with Gasteiger partial charge in [0.15, 0.2) is 0 Å². The number of anilines is 1. The van der Waals surface area contributed by atoms with Gasteiger partial charge in [0.25, 0.3) is 0 Å². The van der Waals surface area contributed by atoms with Crippen molar-refractivity contribution in [1.29, 1.82) is 0 Å². The van der Waals surface area contributed by atoms with Crippen LogP contribution in [0.15, 0.2) is 24.3 Å². The van der Waals surface area contributed by atoms with Crippen LogP contribution in [0.4, 0.5) is 5.69 Å². The van der Waals surface area contributed by atoms with Crippen LogP contribution in [0.2, 0.25) is 0 Å². The van der Waals surface area contributed by atoms with E-state index in [0.717, 1.165) is 12.8 Å². The van der Waals surface area contributed by atoms with Gasteiger partial charge in [0.1, 0.15) is 0 Å². The summed E-state index contributed by atoms with van der Waals surface area (Å²) in [6.07, 6.45) is 3.03. The molecule has 0 spiro atoms. The second-order valence-corrected chi connectivity index (χ2v) is 6.74. The van der Waals surface area contributed by atoms with E-state index in [-0.39, 0.29) is 11.7 Å². The molecule has 0 saturated heterocycles. The molecule has 19 heavy (non-hydrogen) atoms. The average molecular weight is 283 g/mol. The number of para-hydroxylation sites is 1. The van der Waals surface area contributed by atoms with Crippen molar-refractivity contribution in [1.82, 2.24) is 0 Å². The van der Waals surface area contributed by atoms with Crippen LogP contribution in [0.1, 0.15) is 31.2 Å². The molecule has 0 unspecified atom stereocenters. The molecule has 1 aliphatic carbocycles. The molecule has 1 aromatic carbocycles. The largest absolute Gasteiger partial charge is 0.481 e. The summed E-state index contributed by atoms with van der Waals surface area (Å²) < 4.78 is 26.9. The van der Waals surface area contributed by atoms with Crippen molar-refractivity contribution in [2.45, 2.75) is 37.4 Å². The van der Waals surface area contributed by atoms with E-state index in [4.69, 9.17) is 5.11 Å². The minimum Gasteiger partial charge on any atom is -0.481 e. The number of carboxylic acid groups (broad SMARTS) is 1. The summed E-state index contributed by atoms with van der Waals surface area (Å²) in [6, 6.07) is 6.62. The summed E-state index contributed by atoms with van der Waals surface area (Å²) in [4.78, 5) is 10.8. The van der Waals surface area contributed by atoms with Crippen molar-refractivity contribution in [3.05, 3.63) is 29.8 Å². The molecule has 1 fully saturated rings. The minimum atomic E-state index is -3.41. The molecule has 104 valence electrons. The molecule has 0 atom stereocenters. The number of carboxylic acids is 1. The molecule has 0 heterocycles. The molecule has 6 heteroatoms. The maximum atomic E-state index is 12.2. The highest BCUT2D eigenvalue weighted by atomic mass is 32.2. The first kappa shape index (κ1) is 13.9. The van der Waals surface area contributed by atoms with Gasteiger partial charge in [-0.2, -0.15) is 0 Å². The van der Waals surface area contributed by atoms with Gasteiger partial charge in [-0.15, -0.1) is 0 Å². The Labute approximate surface area is 112 Å². The van der Waals surface area contributed by atoms with E-state index < -0.39 is 16.0 Å². The molecular weight excluding hydrogens is 266 g/mol. The first-order chi connectivity index (χ1) is 8.99. The molecule has 0 radical (unpaired) electrons. The number of benzene rings is 1. The Hall–Kier alpha value is -1.56. The zero-order chi connectivity index (χ0) is 13.9. The molecule has 1 aromatic rings. The fraction of sp³-hybridized carbons (Fsp3) is 0.462. The van der Waals surface area contributed by atoms with Crippen LogP contribution >= 0.6 is 0 Å². The van der Waals surface area contributed by atoms with Gasteiger partial charge >= 0.3 is 5.97 Å². The normalized spacial score (nSPS) is 16.4. The van der Waals surface area contributed by atoms with Gasteiger partial charge in [-0.05, 0) is 24.5 Å². The lowest BCUT2D eigenvalue weighted by Gasteiger charge is -2.15. The van der Waals surface area contributed by atoms with Crippen molar-refractivity contribution in [3.8, 4) is 0 Å². The molecule has 2 rings (SSSR count). The van der Waals surface area contributed by atoms with E-state index in [0.29, 0.717) is 24.1 Å². The van der Waals surface area contributed by atoms with Crippen LogP contribution in [0.25, 0.3) is 0 Å². The monoisotopic (exact) mass is 283 g/mol. The van der Waals surface area contributed by atoms with Gasteiger partial charge in [0.05, 0.1) is 17.4 Å².